The highest BCUT2D eigenvalue weighted by molar-refractivity contribution is 5.78. The number of aromatic amines is 1. The lowest BCUT2D eigenvalue weighted by molar-refractivity contribution is 0.167. The van der Waals surface area contributed by atoms with Gasteiger partial charge >= 0.3 is 5.69 Å². The van der Waals surface area contributed by atoms with Gasteiger partial charge in [0.1, 0.15) is 11.9 Å². The zero-order chi connectivity index (χ0) is 12.4. The van der Waals surface area contributed by atoms with Gasteiger partial charge in [-0.05, 0) is 37.6 Å². The van der Waals surface area contributed by atoms with Crippen LogP contribution in [0.2, 0.25) is 0 Å². The molecule has 2 N–H and O–H groups in total. The highest BCUT2D eigenvalue weighted by atomic mass is 16.5. The average molecular weight is 245 g/mol. The molecule has 0 spiro atoms. The Bertz CT molecular complexity index is 602. The van der Waals surface area contributed by atoms with Gasteiger partial charge in [-0.1, -0.05) is 0 Å². The molecular formula is C13H15N3O2. The van der Waals surface area contributed by atoms with E-state index in [-0.39, 0.29) is 11.8 Å². The Hall–Kier alpha value is -1.88. The summed E-state index contributed by atoms with van der Waals surface area (Å²) >= 11 is 0. The number of hydrogen-bond donors (Lipinski definition) is 2. The molecule has 1 aliphatic rings. The molecule has 1 aliphatic heterocycles. The molecule has 2 heterocycles. The fraction of sp³-hybridized carbons (Fsp3) is 0.385. The van der Waals surface area contributed by atoms with E-state index in [4.69, 9.17) is 4.74 Å². The Morgan fingerprint density at radius 2 is 2.33 bits per heavy atom. The Labute approximate surface area is 104 Å². The molecule has 2 aromatic rings. The van der Waals surface area contributed by atoms with Gasteiger partial charge < -0.3 is 15.0 Å². The summed E-state index contributed by atoms with van der Waals surface area (Å²) in [4.78, 5) is 17.5. The number of benzene rings is 1. The first kappa shape index (κ1) is 11.2. The first-order valence-corrected chi connectivity index (χ1v) is 6.18. The van der Waals surface area contributed by atoms with E-state index < -0.39 is 0 Å². The van der Waals surface area contributed by atoms with Crippen molar-refractivity contribution in [3.05, 3.63) is 34.9 Å². The van der Waals surface area contributed by atoms with Crippen molar-refractivity contribution in [2.45, 2.75) is 18.9 Å². The van der Waals surface area contributed by atoms with Gasteiger partial charge in [0.15, 0.2) is 0 Å². The van der Waals surface area contributed by atoms with Gasteiger partial charge in [0.25, 0.3) is 0 Å². The lowest BCUT2D eigenvalue weighted by Crippen LogP contribution is -2.37. The van der Waals surface area contributed by atoms with Crippen LogP contribution in [0.4, 0.5) is 0 Å². The molecule has 0 radical (unpaired) electrons. The molecule has 1 saturated heterocycles. The predicted octanol–water partition coefficient (Wildman–Crippen LogP) is 1.05. The third-order valence-corrected chi connectivity index (χ3v) is 3.14. The van der Waals surface area contributed by atoms with Crippen molar-refractivity contribution >= 4 is 10.9 Å². The van der Waals surface area contributed by atoms with Crippen LogP contribution in [0.15, 0.2) is 29.2 Å². The topological polar surface area (TPSA) is 67.0 Å². The molecule has 1 atom stereocenters. The standard InChI is InChI=1S/C13H15N3O2/c17-13-15-7-9-6-10(3-4-12(9)16-13)18-11-2-1-5-14-8-11/h3-4,6-7,11,14H,1-2,5,8H2,(H,15,16,17). The van der Waals surface area contributed by atoms with Crippen LogP contribution < -0.4 is 15.7 Å². The number of nitrogens with one attached hydrogen (secondary N) is 2. The maximum atomic E-state index is 11.1. The fourth-order valence-corrected chi connectivity index (χ4v) is 2.22. The van der Waals surface area contributed by atoms with Crippen LogP contribution in [0.1, 0.15) is 12.8 Å². The first-order valence-electron chi connectivity index (χ1n) is 6.18. The third kappa shape index (κ3) is 2.36. The monoisotopic (exact) mass is 245 g/mol. The Morgan fingerprint density at radius 3 is 3.17 bits per heavy atom. The summed E-state index contributed by atoms with van der Waals surface area (Å²) in [6, 6.07) is 5.64. The van der Waals surface area contributed by atoms with Gasteiger partial charge in [0.05, 0.1) is 5.52 Å². The SMILES string of the molecule is O=c1ncc2cc(OC3CCCNC3)ccc2[nH]1. The number of aromatic nitrogens is 2. The molecule has 1 fully saturated rings. The van der Waals surface area contributed by atoms with E-state index >= 15 is 0 Å². The van der Waals surface area contributed by atoms with E-state index in [0.29, 0.717) is 0 Å². The molecule has 1 unspecified atom stereocenters. The number of ether oxygens (including phenoxy) is 1. The molecule has 0 saturated carbocycles. The summed E-state index contributed by atoms with van der Waals surface area (Å²) in [6.07, 6.45) is 4.02. The van der Waals surface area contributed by atoms with Crippen molar-refractivity contribution < 1.29 is 4.74 Å². The van der Waals surface area contributed by atoms with Crippen LogP contribution in [0.25, 0.3) is 10.9 Å². The summed E-state index contributed by atoms with van der Waals surface area (Å²) in [6.45, 7) is 1.96. The van der Waals surface area contributed by atoms with Gasteiger partial charge in [0, 0.05) is 18.1 Å². The summed E-state index contributed by atoms with van der Waals surface area (Å²) in [5.41, 5.74) is 0.455. The number of H-pyrrole nitrogens is 1. The van der Waals surface area contributed by atoms with Gasteiger partial charge in [0.2, 0.25) is 0 Å². The molecule has 5 nitrogen and oxygen atoms in total. The van der Waals surface area contributed by atoms with Crippen LogP contribution in [0.3, 0.4) is 0 Å². The molecule has 0 aliphatic carbocycles. The highest BCUT2D eigenvalue weighted by Gasteiger charge is 2.14. The van der Waals surface area contributed by atoms with Gasteiger partial charge in [-0.3, -0.25) is 0 Å². The summed E-state index contributed by atoms with van der Waals surface area (Å²) < 4.78 is 5.91. The molecule has 94 valence electrons. The van der Waals surface area contributed by atoms with Crippen LogP contribution in [-0.4, -0.2) is 29.2 Å². The zero-order valence-corrected chi connectivity index (χ0v) is 9.98. The third-order valence-electron chi connectivity index (χ3n) is 3.14. The summed E-state index contributed by atoms with van der Waals surface area (Å²) in [5, 5.41) is 4.20. The van der Waals surface area contributed by atoms with Crippen LogP contribution in [-0.2, 0) is 0 Å². The van der Waals surface area contributed by atoms with Crippen LogP contribution in [0.5, 0.6) is 5.75 Å². The normalized spacial score (nSPS) is 19.9. The first-order chi connectivity index (χ1) is 8.81. The largest absolute Gasteiger partial charge is 0.489 e. The molecule has 1 aromatic carbocycles. The van der Waals surface area contributed by atoms with E-state index in [1.807, 2.05) is 18.2 Å². The zero-order valence-electron chi connectivity index (χ0n) is 9.98. The maximum absolute atomic E-state index is 11.1. The molecule has 0 amide bonds. The van der Waals surface area contributed by atoms with E-state index in [1.54, 1.807) is 6.20 Å². The number of rotatable bonds is 2. The average Bonchev–Trinajstić information content (AvgIpc) is 2.40. The molecule has 1 aromatic heterocycles. The van der Waals surface area contributed by atoms with Crippen molar-refractivity contribution in [3.8, 4) is 5.75 Å². The highest BCUT2D eigenvalue weighted by Crippen LogP contribution is 2.20. The Balaban J connectivity index is 1.84. The van der Waals surface area contributed by atoms with Gasteiger partial charge in [-0.2, -0.15) is 0 Å². The maximum Gasteiger partial charge on any atom is 0.345 e. The Kier molecular flexibility index (Phi) is 2.98. The second kappa shape index (κ2) is 4.78. The lowest BCUT2D eigenvalue weighted by atomic mass is 10.1. The van der Waals surface area contributed by atoms with Crippen molar-refractivity contribution in [2.24, 2.45) is 0 Å². The van der Waals surface area contributed by atoms with Crippen molar-refractivity contribution in [1.82, 2.24) is 15.3 Å². The number of piperidine rings is 1. The number of nitrogens with zero attached hydrogens (tertiary/aromatic N) is 1. The second-order valence-electron chi connectivity index (χ2n) is 4.52. The minimum absolute atomic E-state index is 0.229. The van der Waals surface area contributed by atoms with E-state index in [0.717, 1.165) is 42.6 Å². The fourth-order valence-electron chi connectivity index (χ4n) is 2.22. The van der Waals surface area contributed by atoms with E-state index in [2.05, 4.69) is 15.3 Å². The molecule has 5 heteroatoms. The minimum atomic E-state index is -0.326. The summed E-state index contributed by atoms with van der Waals surface area (Å²) in [5.74, 6) is 0.824. The predicted molar refractivity (Wildman–Crippen MR) is 68.9 cm³/mol. The smallest absolute Gasteiger partial charge is 0.345 e. The number of fused-ring (bicyclic) bond motifs is 1. The second-order valence-corrected chi connectivity index (χ2v) is 4.52. The lowest BCUT2D eigenvalue weighted by Gasteiger charge is -2.24. The van der Waals surface area contributed by atoms with Crippen molar-refractivity contribution in [2.75, 3.05) is 13.1 Å². The van der Waals surface area contributed by atoms with Gasteiger partial charge in [-0.15, -0.1) is 0 Å². The Morgan fingerprint density at radius 1 is 1.39 bits per heavy atom. The van der Waals surface area contributed by atoms with Crippen LogP contribution in [0, 0.1) is 0 Å². The molecule has 18 heavy (non-hydrogen) atoms. The van der Waals surface area contributed by atoms with Crippen molar-refractivity contribution in [3.63, 3.8) is 0 Å². The number of hydrogen-bond acceptors (Lipinski definition) is 4. The molecule has 3 rings (SSSR count). The van der Waals surface area contributed by atoms with Crippen LogP contribution >= 0.6 is 0 Å². The molecular weight excluding hydrogens is 230 g/mol. The summed E-state index contributed by atoms with van der Waals surface area (Å²) in [7, 11) is 0. The quantitative estimate of drug-likeness (QED) is 0.830. The van der Waals surface area contributed by atoms with Gasteiger partial charge in [-0.25, -0.2) is 9.78 Å². The molecule has 0 bridgehead atoms. The van der Waals surface area contributed by atoms with E-state index in [1.165, 1.54) is 0 Å². The van der Waals surface area contributed by atoms with Crippen molar-refractivity contribution in [1.29, 1.82) is 0 Å². The van der Waals surface area contributed by atoms with E-state index in [9.17, 15) is 4.79 Å². The minimum Gasteiger partial charge on any atom is -0.489 e.